The standard InChI is InChI=1S/C19H28N2/c1-16(13-17-7-9-18(14-20)10-8-17)11-12-21-15-19-5-3-2-4-6-19/h7-10,16,19,21H,2-6,11-13,15H2,1H3/t16-/m0/s1. The highest BCUT2D eigenvalue weighted by atomic mass is 14.9. The predicted molar refractivity (Wildman–Crippen MR) is 88.1 cm³/mol. The summed E-state index contributed by atoms with van der Waals surface area (Å²) in [6.07, 6.45) is 9.49. The Bertz CT molecular complexity index is 438. The number of nitrogens with one attached hydrogen (secondary N) is 1. The summed E-state index contributed by atoms with van der Waals surface area (Å²) in [5.41, 5.74) is 2.09. The van der Waals surface area contributed by atoms with Crippen LogP contribution in [0.4, 0.5) is 0 Å². The first kappa shape index (κ1) is 16.0. The number of hydrogen-bond donors (Lipinski definition) is 1. The van der Waals surface area contributed by atoms with Crippen LogP contribution in [0.2, 0.25) is 0 Å². The number of nitrogens with zero attached hydrogens (tertiary/aromatic N) is 1. The normalized spacial score (nSPS) is 17.3. The van der Waals surface area contributed by atoms with Gasteiger partial charge >= 0.3 is 0 Å². The van der Waals surface area contributed by atoms with E-state index in [0.29, 0.717) is 5.92 Å². The molecule has 114 valence electrons. The Morgan fingerprint density at radius 1 is 1.19 bits per heavy atom. The fourth-order valence-corrected chi connectivity index (χ4v) is 3.27. The Hall–Kier alpha value is -1.33. The van der Waals surface area contributed by atoms with Crippen LogP contribution >= 0.6 is 0 Å². The lowest BCUT2D eigenvalue weighted by Crippen LogP contribution is -2.26. The topological polar surface area (TPSA) is 35.8 Å². The van der Waals surface area contributed by atoms with E-state index in [-0.39, 0.29) is 0 Å². The summed E-state index contributed by atoms with van der Waals surface area (Å²) in [5.74, 6) is 1.62. The molecule has 0 unspecified atom stereocenters. The molecule has 1 fully saturated rings. The van der Waals surface area contributed by atoms with E-state index < -0.39 is 0 Å². The van der Waals surface area contributed by atoms with Crippen LogP contribution in [-0.4, -0.2) is 13.1 Å². The predicted octanol–water partition coefficient (Wildman–Crippen LogP) is 4.30. The van der Waals surface area contributed by atoms with Crippen molar-refractivity contribution < 1.29 is 0 Å². The van der Waals surface area contributed by atoms with Crippen molar-refractivity contribution in [3.05, 3.63) is 35.4 Å². The van der Waals surface area contributed by atoms with Crippen LogP contribution in [0.5, 0.6) is 0 Å². The molecule has 0 amide bonds. The smallest absolute Gasteiger partial charge is 0.0991 e. The molecule has 1 aromatic rings. The van der Waals surface area contributed by atoms with Gasteiger partial charge < -0.3 is 5.32 Å². The Morgan fingerprint density at radius 2 is 1.90 bits per heavy atom. The summed E-state index contributed by atoms with van der Waals surface area (Å²) < 4.78 is 0. The van der Waals surface area contributed by atoms with E-state index in [4.69, 9.17) is 5.26 Å². The van der Waals surface area contributed by atoms with Crippen molar-refractivity contribution >= 4 is 0 Å². The minimum atomic E-state index is 0.691. The summed E-state index contributed by atoms with van der Waals surface area (Å²) in [7, 11) is 0. The number of nitriles is 1. The lowest BCUT2D eigenvalue weighted by atomic mass is 9.89. The molecular formula is C19H28N2. The second-order valence-corrected chi connectivity index (χ2v) is 6.61. The van der Waals surface area contributed by atoms with Crippen molar-refractivity contribution in [2.75, 3.05) is 13.1 Å². The molecule has 0 bridgehead atoms. The van der Waals surface area contributed by atoms with Crippen LogP contribution in [0.15, 0.2) is 24.3 Å². The highest BCUT2D eigenvalue weighted by Crippen LogP contribution is 2.22. The number of rotatable bonds is 7. The van der Waals surface area contributed by atoms with Gasteiger partial charge in [0.05, 0.1) is 11.6 Å². The molecule has 1 aromatic carbocycles. The molecule has 0 saturated heterocycles. The molecular weight excluding hydrogens is 256 g/mol. The van der Waals surface area contributed by atoms with Gasteiger partial charge in [-0.1, -0.05) is 38.3 Å². The zero-order valence-corrected chi connectivity index (χ0v) is 13.3. The summed E-state index contributed by atoms with van der Waals surface area (Å²) in [6.45, 7) is 4.66. The van der Waals surface area contributed by atoms with Crippen LogP contribution < -0.4 is 5.32 Å². The van der Waals surface area contributed by atoms with E-state index in [0.717, 1.165) is 24.4 Å². The molecule has 2 rings (SSSR count). The van der Waals surface area contributed by atoms with E-state index in [1.54, 1.807) is 0 Å². The van der Waals surface area contributed by atoms with Crippen LogP contribution in [0.25, 0.3) is 0 Å². The average molecular weight is 284 g/mol. The monoisotopic (exact) mass is 284 g/mol. The lowest BCUT2D eigenvalue weighted by Gasteiger charge is -2.22. The summed E-state index contributed by atoms with van der Waals surface area (Å²) >= 11 is 0. The van der Waals surface area contributed by atoms with Gasteiger partial charge in [0, 0.05) is 0 Å². The van der Waals surface area contributed by atoms with Crippen LogP contribution in [0.3, 0.4) is 0 Å². The van der Waals surface area contributed by atoms with Crippen LogP contribution in [-0.2, 0) is 6.42 Å². The van der Waals surface area contributed by atoms with Gasteiger partial charge in [0.25, 0.3) is 0 Å². The molecule has 2 heteroatoms. The molecule has 0 heterocycles. The molecule has 1 aliphatic rings. The first-order valence-corrected chi connectivity index (χ1v) is 8.47. The summed E-state index contributed by atoms with van der Waals surface area (Å²) in [6, 6.07) is 10.2. The van der Waals surface area contributed by atoms with Gasteiger partial charge in [0.2, 0.25) is 0 Å². The zero-order chi connectivity index (χ0) is 14.9. The van der Waals surface area contributed by atoms with E-state index in [2.05, 4.69) is 30.4 Å². The Labute approximate surface area is 129 Å². The highest BCUT2D eigenvalue weighted by Gasteiger charge is 2.12. The largest absolute Gasteiger partial charge is 0.316 e. The van der Waals surface area contributed by atoms with Crippen LogP contribution in [0.1, 0.15) is 56.6 Å². The van der Waals surface area contributed by atoms with E-state index in [9.17, 15) is 0 Å². The third-order valence-corrected chi connectivity index (χ3v) is 4.64. The lowest BCUT2D eigenvalue weighted by molar-refractivity contribution is 0.338. The van der Waals surface area contributed by atoms with Gasteiger partial charge in [-0.2, -0.15) is 5.26 Å². The van der Waals surface area contributed by atoms with E-state index in [1.165, 1.54) is 50.6 Å². The Morgan fingerprint density at radius 3 is 2.57 bits per heavy atom. The van der Waals surface area contributed by atoms with Crippen molar-refractivity contribution in [3.8, 4) is 6.07 Å². The quantitative estimate of drug-likeness (QED) is 0.758. The molecule has 1 aliphatic carbocycles. The van der Waals surface area contributed by atoms with Gasteiger partial charge in [-0.3, -0.25) is 0 Å². The minimum Gasteiger partial charge on any atom is -0.316 e. The molecule has 21 heavy (non-hydrogen) atoms. The first-order valence-electron chi connectivity index (χ1n) is 8.47. The van der Waals surface area contributed by atoms with Gasteiger partial charge in [-0.15, -0.1) is 0 Å². The second-order valence-electron chi connectivity index (χ2n) is 6.61. The van der Waals surface area contributed by atoms with E-state index >= 15 is 0 Å². The molecule has 2 nitrogen and oxygen atoms in total. The molecule has 1 saturated carbocycles. The molecule has 0 aliphatic heterocycles. The molecule has 0 aromatic heterocycles. The molecule has 0 radical (unpaired) electrons. The highest BCUT2D eigenvalue weighted by molar-refractivity contribution is 5.31. The molecule has 1 N–H and O–H groups in total. The first-order chi connectivity index (χ1) is 10.3. The van der Waals surface area contributed by atoms with Gasteiger partial charge in [0.15, 0.2) is 0 Å². The van der Waals surface area contributed by atoms with Crippen LogP contribution in [0, 0.1) is 23.2 Å². The average Bonchev–Trinajstić information content (AvgIpc) is 2.53. The number of hydrogen-bond acceptors (Lipinski definition) is 2. The van der Waals surface area contributed by atoms with Crippen molar-refractivity contribution in [1.82, 2.24) is 5.32 Å². The van der Waals surface area contributed by atoms with Gasteiger partial charge in [0.1, 0.15) is 0 Å². The maximum Gasteiger partial charge on any atom is 0.0991 e. The number of benzene rings is 1. The second kappa shape index (κ2) is 8.85. The van der Waals surface area contributed by atoms with Crippen molar-refractivity contribution in [1.29, 1.82) is 5.26 Å². The minimum absolute atomic E-state index is 0.691. The van der Waals surface area contributed by atoms with Gasteiger partial charge in [-0.05, 0) is 68.3 Å². The molecule has 0 spiro atoms. The third-order valence-electron chi connectivity index (χ3n) is 4.64. The Balaban J connectivity index is 1.60. The summed E-state index contributed by atoms with van der Waals surface area (Å²) in [4.78, 5) is 0. The van der Waals surface area contributed by atoms with Crippen molar-refractivity contribution in [2.45, 2.75) is 51.9 Å². The fourth-order valence-electron chi connectivity index (χ4n) is 3.27. The zero-order valence-electron chi connectivity index (χ0n) is 13.3. The maximum absolute atomic E-state index is 8.80. The maximum atomic E-state index is 8.80. The Kier molecular flexibility index (Phi) is 6.76. The van der Waals surface area contributed by atoms with Crippen molar-refractivity contribution in [3.63, 3.8) is 0 Å². The van der Waals surface area contributed by atoms with Gasteiger partial charge in [-0.25, -0.2) is 0 Å². The molecule has 1 atom stereocenters. The third kappa shape index (κ3) is 5.89. The summed E-state index contributed by atoms with van der Waals surface area (Å²) in [5, 5.41) is 12.4. The fraction of sp³-hybridized carbons (Fsp3) is 0.632. The van der Waals surface area contributed by atoms with E-state index in [1.807, 2.05) is 12.1 Å². The SMILES string of the molecule is C[C@@H](CCNCC1CCCCC1)Cc1ccc(C#N)cc1. The van der Waals surface area contributed by atoms with Crippen molar-refractivity contribution in [2.24, 2.45) is 11.8 Å².